The Labute approximate surface area is 186 Å². The van der Waals surface area contributed by atoms with Crippen LogP contribution in [-0.2, 0) is 0 Å². The van der Waals surface area contributed by atoms with Crippen molar-refractivity contribution in [1.82, 2.24) is 10.6 Å². The van der Waals surface area contributed by atoms with Gasteiger partial charge in [-0.05, 0) is 110 Å². The number of rotatable bonds is 6. The van der Waals surface area contributed by atoms with E-state index in [1.54, 1.807) is 0 Å². The molecule has 0 aliphatic heterocycles. The fraction of sp³-hybridized carbons (Fsp3) is 0.462. The maximum Gasteiger partial charge on any atom is 0.251 e. The smallest absolute Gasteiger partial charge is 0.251 e. The second-order valence-electron chi connectivity index (χ2n) is 10.3. The van der Waals surface area contributed by atoms with E-state index in [1.807, 2.05) is 0 Å². The van der Waals surface area contributed by atoms with Crippen LogP contribution < -0.4 is 10.6 Å². The van der Waals surface area contributed by atoms with Crippen molar-refractivity contribution >= 4 is 11.8 Å². The molecule has 2 aromatic carbocycles. The molecule has 2 aromatic rings. The van der Waals surface area contributed by atoms with Gasteiger partial charge in [0, 0.05) is 24.2 Å². The van der Waals surface area contributed by atoms with Crippen LogP contribution in [-0.4, -0.2) is 24.9 Å². The van der Waals surface area contributed by atoms with E-state index in [-0.39, 0.29) is 34.3 Å². The highest BCUT2D eigenvalue weighted by Gasteiger charge is 2.57. The average Bonchev–Trinajstić information content (AvgIpc) is 2.76. The van der Waals surface area contributed by atoms with Crippen molar-refractivity contribution in [2.75, 3.05) is 13.1 Å². The Hall–Kier alpha value is -2.76. The van der Waals surface area contributed by atoms with Gasteiger partial charge in [0.1, 0.15) is 11.6 Å². The van der Waals surface area contributed by atoms with E-state index in [4.69, 9.17) is 0 Å². The summed E-state index contributed by atoms with van der Waals surface area (Å²) in [4.78, 5) is 25.2. The number of carbonyl (C=O) groups excluding carboxylic acids is 2. The topological polar surface area (TPSA) is 58.2 Å². The van der Waals surface area contributed by atoms with Crippen LogP contribution in [0.4, 0.5) is 8.78 Å². The molecule has 2 amide bonds. The van der Waals surface area contributed by atoms with Crippen molar-refractivity contribution in [2.24, 2.45) is 22.7 Å². The zero-order valence-electron chi connectivity index (χ0n) is 18.0. The predicted molar refractivity (Wildman–Crippen MR) is 117 cm³/mol. The number of halogens is 2. The first kappa shape index (κ1) is 21.1. The van der Waals surface area contributed by atoms with E-state index in [1.165, 1.54) is 55.0 Å². The largest absolute Gasteiger partial charge is 0.351 e. The molecule has 0 atom stereocenters. The quantitative estimate of drug-likeness (QED) is 0.686. The Balaban J connectivity index is 1.25. The van der Waals surface area contributed by atoms with Gasteiger partial charge in [-0.1, -0.05) is 0 Å². The van der Waals surface area contributed by atoms with Crippen LogP contribution in [0.3, 0.4) is 0 Å². The lowest BCUT2D eigenvalue weighted by Gasteiger charge is -2.62. The van der Waals surface area contributed by atoms with Gasteiger partial charge in [-0.15, -0.1) is 0 Å². The van der Waals surface area contributed by atoms with Gasteiger partial charge in [0.2, 0.25) is 0 Å². The summed E-state index contributed by atoms with van der Waals surface area (Å²) in [6.45, 7) is 1.23. The maximum absolute atomic E-state index is 13.2. The summed E-state index contributed by atoms with van der Waals surface area (Å²) in [7, 11) is 0. The molecule has 4 aliphatic carbocycles. The molecule has 4 bridgehead atoms. The van der Waals surface area contributed by atoms with E-state index >= 15 is 0 Å². The second-order valence-corrected chi connectivity index (χ2v) is 10.3. The van der Waals surface area contributed by atoms with Crippen molar-refractivity contribution in [3.05, 3.63) is 71.3 Å². The first-order valence-corrected chi connectivity index (χ1v) is 11.4. The Kier molecular flexibility index (Phi) is 5.26. The zero-order chi connectivity index (χ0) is 22.3. The van der Waals surface area contributed by atoms with E-state index in [2.05, 4.69) is 10.6 Å². The Morgan fingerprint density at radius 1 is 0.719 bits per heavy atom. The molecular weight excluding hydrogens is 410 g/mol. The molecule has 0 spiro atoms. The van der Waals surface area contributed by atoms with Crippen molar-refractivity contribution in [1.29, 1.82) is 0 Å². The van der Waals surface area contributed by atoms with Gasteiger partial charge in [0.05, 0.1) is 0 Å². The predicted octanol–water partition coefficient (Wildman–Crippen LogP) is 4.71. The number of hydrogen-bond donors (Lipinski definition) is 2. The summed E-state index contributed by atoms with van der Waals surface area (Å²) in [5.41, 5.74) is 1.05. The summed E-state index contributed by atoms with van der Waals surface area (Å²) >= 11 is 0. The molecule has 0 radical (unpaired) electrons. The van der Waals surface area contributed by atoms with Crippen LogP contribution in [0.15, 0.2) is 48.5 Å². The van der Waals surface area contributed by atoms with Crippen LogP contribution in [0.5, 0.6) is 0 Å². The molecule has 0 heterocycles. The minimum atomic E-state index is -0.354. The third-order valence-electron chi connectivity index (χ3n) is 7.76. The number of nitrogens with one attached hydrogen (secondary N) is 2. The molecular formula is C26H28F2N2O2. The Morgan fingerprint density at radius 2 is 1.09 bits per heavy atom. The van der Waals surface area contributed by atoms with Gasteiger partial charge in [-0.2, -0.15) is 0 Å². The van der Waals surface area contributed by atoms with Gasteiger partial charge in [-0.25, -0.2) is 8.78 Å². The SMILES string of the molecule is O=C(NCC12CC3CC(C1)CC(CNC(=O)c1ccc(F)cc1)(C3)C2)c1ccc(F)cc1. The maximum atomic E-state index is 13.2. The number of amides is 2. The minimum absolute atomic E-state index is 0.0559. The lowest BCUT2D eigenvalue weighted by atomic mass is 9.44. The van der Waals surface area contributed by atoms with Gasteiger partial charge < -0.3 is 10.6 Å². The fourth-order valence-electron chi connectivity index (χ4n) is 7.01. The molecule has 4 saturated carbocycles. The van der Waals surface area contributed by atoms with Gasteiger partial charge in [0.25, 0.3) is 11.8 Å². The van der Waals surface area contributed by atoms with E-state index in [9.17, 15) is 18.4 Å². The normalized spacial score (nSPS) is 30.2. The number of benzene rings is 2. The van der Waals surface area contributed by atoms with Gasteiger partial charge >= 0.3 is 0 Å². The highest BCUT2D eigenvalue weighted by molar-refractivity contribution is 5.94. The molecule has 0 saturated heterocycles. The number of carbonyl (C=O) groups is 2. The van der Waals surface area contributed by atoms with Crippen molar-refractivity contribution < 1.29 is 18.4 Å². The lowest BCUT2D eigenvalue weighted by molar-refractivity contribution is -0.105. The lowest BCUT2D eigenvalue weighted by Crippen LogP contribution is -2.58. The minimum Gasteiger partial charge on any atom is -0.351 e. The van der Waals surface area contributed by atoms with Crippen LogP contribution in [0.2, 0.25) is 0 Å². The van der Waals surface area contributed by atoms with Gasteiger partial charge in [0.15, 0.2) is 0 Å². The monoisotopic (exact) mass is 438 g/mol. The molecule has 4 fully saturated rings. The fourth-order valence-corrected chi connectivity index (χ4v) is 7.01. The second kappa shape index (κ2) is 7.98. The summed E-state index contributed by atoms with van der Waals surface area (Å²) in [5.74, 6) is 0.210. The van der Waals surface area contributed by atoms with Crippen LogP contribution in [0.1, 0.15) is 59.2 Å². The summed E-state index contributed by atoms with van der Waals surface area (Å²) in [6.07, 6.45) is 6.67. The standard InChI is InChI=1S/C26H28F2N2O2/c27-21-5-1-19(2-6-21)23(31)29-15-25-10-17-9-18(11-25)13-26(12-17,14-25)16-30-24(32)20-3-7-22(28)8-4-20/h1-8,17-18H,9-16H2,(H,29,31)(H,30,32). The van der Waals surface area contributed by atoms with E-state index in [0.29, 0.717) is 36.1 Å². The summed E-state index contributed by atoms with van der Waals surface area (Å²) in [5, 5.41) is 6.21. The van der Waals surface area contributed by atoms with Crippen molar-refractivity contribution in [3.63, 3.8) is 0 Å². The van der Waals surface area contributed by atoms with Crippen LogP contribution >= 0.6 is 0 Å². The molecule has 4 nitrogen and oxygen atoms in total. The molecule has 0 unspecified atom stereocenters. The number of hydrogen-bond acceptors (Lipinski definition) is 2. The molecule has 4 aliphatic rings. The van der Waals surface area contributed by atoms with Gasteiger partial charge in [-0.3, -0.25) is 9.59 Å². The zero-order valence-corrected chi connectivity index (χ0v) is 18.0. The van der Waals surface area contributed by atoms with Crippen molar-refractivity contribution in [2.45, 2.75) is 38.5 Å². The molecule has 32 heavy (non-hydrogen) atoms. The average molecular weight is 439 g/mol. The highest BCUT2D eigenvalue weighted by atomic mass is 19.1. The first-order valence-electron chi connectivity index (χ1n) is 11.4. The van der Waals surface area contributed by atoms with E-state index in [0.717, 1.165) is 32.1 Å². The molecule has 0 aromatic heterocycles. The van der Waals surface area contributed by atoms with Crippen LogP contribution in [0, 0.1) is 34.3 Å². The third kappa shape index (κ3) is 4.15. The molecule has 168 valence electrons. The highest BCUT2D eigenvalue weighted by Crippen LogP contribution is 2.64. The summed E-state index contributed by atoms with van der Waals surface area (Å²) in [6, 6.07) is 11.3. The third-order valence-corrected chi connectivity index (χ3v) is 7.76. The molecule has 2 N–H and O–H groups in total. The Morgan fingerprint density at radius 3 is 1.47 bits per heavy atom. The van der Waals surface area contributed by atoms with Crippen molar-refractivity contribution in [3.8, 4) is 0 Å². The molecule has 6 rings (SSSR count). The molecule has 6 heteroatoms. The summed E-state index contributed by atoms with van der Waals surface area (Å²) < 4.78 is 26.3. The first-order chi connectivity index (χ1) is 15.3. The van der Waals surface area contributed by atoms with Crippen LogP contribution in [0.25, 0.3) is 0 Å². The van der Waals surface area contributed by atoms with E-state index < -0.39 is 0 Å². The Bertz CT molecular complexity index is 926.